The summed E-state index contributed by atoms with van der Waals surface area (Å²) in [5.74, 6) is -0.336. The van der Waals surface area contributed by atoms with Crippen molar-refractivity contribution < 1.29 is 19.4 Å². The van der Waals surface area contributed by atoms with Crippen LogP contribution in [-0.4, -0.2) is 20.7 Å². The molecular formula is C25H18ClF3N4O. The van der Waals surface area contributed by atoms with Crippen molar-refractivity contribution in [1.29, 1.82) is 0 Å². The van der Waals surface area contributed by atoms with Gasteiger partial charge < -0.3 is 10.3 Å². The fraction of sp³-hybridized carbons (Fsp3) is 0.0400. The normalized spacial score (nSPS) is 11.6. The SMILES string of the molecule is O=C(Nc1ccc2[nH]ccc2c1)c1ccc(-c2cc(C(F)(F)F)nn2-c2ccccc2Cl)cc1.[HH]. The van der Waals surface area contributed by atoms with Gasteiger partial charge in [-0.3, -0.25) is 4.79 Å². The quantitative estimate of drug-likeness (QED) is 0.285. The van der Waals surface area contributed by atoms with E-state index in [0.29, 0.717) is 22.5 Å². The molecule has 0 saturated carbocycles. The third kappa shape index (κ3) is 4.15. The van der Waals surface area contributed by atoms with Gasteiger partial charge >= 0.3 is 6.18 Å². The molecule has 3 aromatic carbocycles. The fourth-order valence-corrected chi connectivity index (χ4v) is 3.87. The molecule has 0 aliphatic rings. The lowest BCUT2D eigenvalue weighted by Crippen LogP contribution is -2.11. The van der Waals surface area contributed by atoms with Gasteiger partial charge in [0, 0.05) is 35.3 Å². The first kappa shape index (κ1) is 21.8. The standard InChI is InChI=1S/C25H16ClF3N4O.H2/c26-19-3-1-2-4-21(19)33-22(14-23(32-33)25(27,28)29)15-5-7-16(8-6-15)24(34)31-18-9-10-20-17(13-18)11-12-30-20;/h1-14,30H,(H,31,34);1H. The zero-order chi connectivity index (χ0) is 23.9. The van der Waals surface area contributed by atoms with Crippen molar-refractivity contribution in [1.82, 2.24) is 14.8 Å². The van der Waals surface area contributed by atoms with Crippen LogP contribution in [0.3, 0.4) is 0 Å². The van der Waals surface area contributed by atoms with Crippen molar-refractivity contribution in [3.8, 4) is 16.9 Å². The van der Waals surface area contributed by atoms with E-state index in [2.05, 4.69) is 15.4 Å². The molecule has 2 N–H and O–H groups in total. The number of aromatic nitrogens is 3. The number of aromatic amines is 1. The minimum atomic E-state index is -4.62. The smallest absolute Gasteiger partial charge is 0.361 e. The average molecular weight is 483 g/mol. The molecule has 0 bridgehead atoms. The molecule has 0 aliphatic heterocycles. The first-order valence-electron chi connectivity index (χ1n) is 10.2. The van der Waals surface area contributed by atoms with E-state index in [1.807, 2.05) is 24.4 Å². The van der Waals surface area contributed by atoms with E-state index in [1.54, 1.807) is 54.6 Å². The molecule has 172 valence electrons. The molecule has 0 aliphatic carbocycles. The van der Waals surface area contributed by atoms with E-state index < -0.39 is 11.9 Å². The van der Waals surface area contributed by atoms with Crippen molar-refractivity contribution >= 4 is 34.1 Å². The van der Waals surface area contributed by atoms with Crippen LogP contribution in [0.5, 0.6) is 0 Å². The third-order valence-electron chi connectivity index (χ3n) is 5.33. The molecule has 0 atom stereocenters. The summed E-state index contributed by atoms with van der Waals surface area (Å²) in [6, 6.07) is 21.1. The van der Waals surface area contributed by atoms with Gasteiger partial charge in [0.1, 0.15) is 0 Å². The largest absolute Gasteiger partial charge is 0.435 e. The molecule has 2 aromatic heterocycles. The summed E-state index contributed by atoms with van der Waals surface area (Å²) in [5, 5.41) is 7.80. The Hall–Kier alpha value is -4.04. The summed E-state index contributed by atoms with van der Waals surface area (Å²) in [4.78, 5) is 15.8. The van der Waals surface area contributed by atoms with Crippen LogP contribution in [0.15, 0.2) is 85.1 Å². The average Bonchev–Trinajstić information content (AvgIpc) is 3.46. The molecule has 0 unspecified atom stereocenters. The summed E-state index contributed by atoms with van der Waals surface area (Å²) in [5.41, 5.74) is 1.88. The lowest BCUT2D eigenvalue weighted by Gasteiger charge is -2.10. The Morgan fingerprint density at radius 1 is 1.00 bits per heavy atom. The number of hydrogen-bond donors (Lipinski definition) is 2. The number of alkyl halides is 3. The molecule has 0 fully saturated rings. The van der Waals surface area contributed by atoms with Gasteiger partial charge in [-0.25, -0.2) is 4.68 Å². The minimum Gasteiger partial charge on any atom is -0.361 e. The van der Waals surface area contributed by atoms with Crippen molar-refractivity contribution in [2.45, 2.75) is 6.18 Å². The number of nitrogens with one attached hydrogen (secondary N) is 2. The second-order valence-electron chi connectivity index (χ2n) is 7.59. The number of nitrogens with zero attached hydrogens (tertiary/aromatic N) is 2. The second-order valence-corrected chi connectivity index (χ2v) is 7.99. The topological polar surface area (TPSA) is 62.7 Å². The Kier molecular flexibility index (Phi) is 5.37. The lowest BCUT2D eigenvalue weighted by atomic mass is 10.1. The number of H-pyrrole nitrogens is 1. The fourth-order valence-electron chi connectivity index (χ4n) is 3.66. The number of rotatable bonds is 4. The molecule has 0 spiro atoms. The number of fused-ring (bicyclic) bond motifs is 1. The van der Waals surface area contributed by atoms with Gasteiger partial charge in [0.15, 0.2) is 5.69 Å². The molecule has 1 amide bonds. The van der Waals surface area contributed by atoms with Gasteiger partial charge in [0.05, 0.1) is 16.4 Å². The highest BCUT2D eigenvalue weighted by atomic mass is 35.5. The molecule has 0 radical (unpaired) electrons. The molecule has 0 saturated heterocycles. The predicted molar refractivity (Wildman–Crippen MR) is 127 cm³/mol. The van der Waals surface area contributed by atoms with Gasteiger partial charge in [0.2, 0.25) is 0 Å². The van der Waals surface area contributed by atoms with Gasteiger partial charge in [-0.05, 0) is 54.6 Å². The lowest BCUT2D eigenvalue weighted by molar-refractivity contribution is -0.141. The molecule has 2 heterocycles. The number of para-hydroxylation sites is 1. The Morgan fingerprint density at radius 2 is 1.76 bits per heavy atom. The summed E-state index contributed by atoms with van der Waals surface area (Å²) in [7, 11) is 0. The monoisotopic (exact) mass is 482 g/mol. The summed E-state index contributed by atoms with van der Waals surface area (Å²) in [6.45, 7) is 0. The van der Waals surface area contributed by atoms with Crippen molar-refractivity contribution in [3.63, 3.8) is 0 Å². The van der Waals surface area contributed by atoms with Crippen LogP contribution in [0.25, 0.3) is 27.8 Å². The van der Waals surface area contributed by atoms with Crippen molar-refractivity contribution in [3.05, 3.63) is 101 Å². The number of carbonyl (C=O) groups is 1. The first-order chi connectivity index (χ1) is 16.3. The van der Waals surface area contributed by atoms with Crippen LogP contribution in [-0.2, 0) is 6.18 Å². The molecule has 5 rings (SSSR count). The number of amides is 1. The van der Waals surface area contributed by atoms with Crippen LogP contribution in [0, 0.1) is 0 Å². The molecular weight excluding hydrogens is 465 g/mol. The van der Waals surface area contributed by atoms with E-state index in [1.165, 1.54) is 0 Å². The predicted octanol–water partition coefficient (Wildman–Crippen LogP) is 7.19. The van der Waals surface area contributed by atoms with Crippen LogP contribution < -0.4 is 5.32 Å². The van der Waals surface area contributed by atoms with Gasteiger partial charge in [-0.15, -0.1) is 0 Å². The number of benzene rings is 3. The van der Waals surface area contributed by atoms with Crippen LogP contribution in [0.4, 0.5) is 18.9 Å². The zero-order valence-corrected chi connectivity index (χ0v) is 18.2. The minimum absolute atomic E-state index is 0. The van der Waals surface area contributed by atoms with Crippen LogP contribution in [0.1, 0.15) is 17.5 Å². The maximum atomic E-state index is 13.4. The highest BCUT2D eigenvalue weighted by Crippen LogP contribution is 2.34. The molecule has 9 heteroatoms. The zero-order valence-electron chi connectivity index (χ0n) is 17.4. The highest BCUT2D eigenvalue weighted by molar-refractivity contribution is 6.32. The Labute approximate surface area is 198 Å². The van der Waals surface area contributed by atoms with Crippen LogP contribution >= 0.6 is 11.6 Å². The highest BCUT2D eigenvalue weighted by Gasteiger charge is 2.35. The van der Waals surface area contributed by atoms with Crippen LogP contribution in [0.2, 0.25) is 5.02 Å². The van der Waals surface area contributed by atoms with E-state index in [0.717, 1.165) is 21.7 Å². The maximum absolute atomic E-state index is 13.4. The summed E-state index contributed by atoms with van der Waals surface area (Å²) < 4.78 is 41.4. The number of anilines is 1. The molecule has 34 heavy (non-hydrogen) atoms. The van der Waals surface area contributed by atoms with Crippen molar-refractivity contribution in [2.75, 3.05) is 5.32 Å². The van der Waals surface area contributed by atoms with Gasteiger partial charge in [-0.1, -0.05) is 35.9 Å². The maximum Gasteiger partial charge on any atom is 0.435 e. The molecule has 5 aromatic rings. The summed E-state index contributed by atoms with van der Waals surface area (Å²) in [6.07, 6.45) is -2.81. The molecule has 5 nitrogen and oxygen atoms in total. The number of halogens is 4. The van der Waals surface area contributed by atoms with E-state index in [9.17, 15) is 18.0 Å². The first-order valence-corrected chi connectivity index (χ1v) is 10.6. The Balaban J connectivity index is 0.00000289. The Bertz CT molecular complexity index is 1510. The number of hydrogen-bond acceptors (Lipinski definition) is 2. The van der Waals surface area contributed by atoms with E-state index in [-0.39, 0.29) is 18.1 Å². The Morgan fingerprint density at radius 3 is 2.50 bits per heavy atom. The van der Waals surface area contributed by atoms with Crippen molar-refractivity contribution in [2.24, 2.45) is 0 Å². The third-order valence-corrected chi connectivity index (χ3v) is 5.65. The van der Waals surface area contributed by atoms with E-state index >= 15 is 0 Å². The van der Waals surface area contributed by atoms with E-state index in [4.69, 9.17) is 11.6 Å². The van der Waals surface area contributed by atoms with Gasteiger partial charge in [-0.2, -0.15) is 18.3 Å². The summed E-state index contributed by atoms with van der Waals surface area (Å²) >= 11 is 6.22. The number of carbonyl (C=O) groups excluding carboxylic acids is 1. The van der Waals surface area contributed by atoms with Gasteiger partial charge in [0.25, 0.3) is 5.91 Å². The second kappa shape index (κ2) is 8.39.